The van der Waals surface area contributed by atoms with Crippen molar-refractivity contribution < 1.29 is 0 Å². The van der Waals surface area contributed by atoms with E-state index in [2.05, 4.69) is 188 Å². The van der Waals surface area contributed by atoms with E-state index in [4.69, 9.17) is 15.0 Å². The summed E-state index contributed by atoms with van der Waals surface area (Å²) in [6, 6.07) is 75.0. The molecule has 0 atom stereocenters. The van der Waals surface area contributed by atoms with Crippen molar-refractivity contribution in [3.63, 3.8) is 0 Å². The minimum Gasteiger partial charge on any atom is -0.208 e. The molecule has 3 nitrogen and oxygen atoms in total. The van der Waals surface area contributed by atoms with E-state index in [0.29, 0.717) is 17.5 Å². The Morgan fingerprint density at radius 3 is 1.02 bits per heavy atom. The van der Waals surface area contributed by atoms with E-state index in [9.17, 15) is 0 Å². The van der Waals surface area contributed by atoms with E-state index in [0.717, 1.165) is 44.5 Å². The molecule has 0 aliphatic rings. The lowest BCUT2D eigenvalue weighted by Gasteiger charge is -2.13. The van der Waals surface area contributed by atoms with Gasteiger partial charge in [-0.15, -0.1) is 0 Å². The maximum absolute atomic E-state index is 5.18. The summed E-state index contributed by atoms with van der Waals surface area (Å²) in [4.78, 5) is 15.4. The van der Waals surface area contributed by atoms with Crippen molar-refractivity contribution in [3.8, 4) is 78.7 Å². The van der Waals surface area contributed by atoms with Crippen LogP contribution in [0, 0.1) is 0 Å². The van der Waals surface area contributed by atoms with E-state index in [1.54, 1.807) is 0 Å². The van der Waals surface area contributed by atoms with Gasteiger partial charge >= 0.3 is 0 Å². The second-order valence-electron chi connectivity index (χ2n) is 14.1. The Bertz CT molecular complexity index is 2990. The summed E-state index contributed by atoms with van der Waals surface area (Å²) in [5.41, 5.74) is 11.9. The summed E-state index contributed by atoms with van der Waals surface area (Å²) in [6.45, 7) is 0. The lowest BCUT2D eigenvalue weighted by atomic mass is 9.93. The van der Waals surface area contributed by atoms with Crippen LogP contribution in [0.5, 0.6) is 0 Å². The van der Waals surface area contributed by atoms with Crippen molar-refractivity contribution in [1.29, 1.82) is 0 Å². The molecule has 9 aromatic carbocycles. The molecule has 56 heavy (non-hydrogen) atoms. The van der Waals surface area contributed by atoms with Crippen LogP contribution in [0.2, 0.25) is 0 Å². The van der Waals surface area contributed by atoms with Gasteiger partial charge in [-0.1, -0.05) is 182 Å². The first-order valence-corrected chi connectivity index (χ1v) is 18.9. The molecule has 0 radical (unpaired) electrons. The van der Waals surface area contributed by atoms with Crippen molar-refractivity contribution >= 4 is 21.5 Å². The molecule has 0 amide bonds. The summed E-state index contributed by atoms with van der Waals surface area (Å²) in [7, 11) is 0. The second kappa shape index (κ2) is 14.4. The zero-order valence-corrected chi connectivity index (χ0v) is 30.5. The summed E-state index contributed by atoms with van der Waals surface area (Å²) in [5.74, 6) is 1.89. The minimum atomic E-state index is 0.623. The quantitative estimate of drug-likeness (QED) is 0.165. The molecule has 3 heteroatoms. The Balaban J connectivity index is 1.11. The van der Waals surface area contributed by atoms with Crippen molar-refractivity contribution in [2.45, 2.75) is 0 Å². The SMILES string of the molecule is c1ccc(-c2ccc(-c3nc(-c4ccccc4)nc(-c4cc(-c5ccc(-c6ccc7ccccc7c6)cc5)cc(-c5ccc6ccccc6c5)c4)n3)cc2)cc1. The first-order chi connectivity index (χ1) is 27.7. The van der Waals surface area contributed by atoms with Gasteiger partial charge < -0.3 is 0 Å². The molecule has 0 saturated carbocycles. The highest BCUT2D eigenvalue weighted by atomic mass is 15.0. The molecular formula is C53H35N3. The van der Waals surface area contributed by atoms with Crippen LogP contribution in [0.4, 0.5) is 0 Å². The predicted octanol–water partition coefficient (Wildman–Crippen LogP) is 13.8. The molecule has 0 saturated heterocycles. The van der Waals surface area contributed by atoms with E-state index in [1.165, 1.54) is 38.2 Å². The molecule has 0 aliphatic carbocycles. The van der Waals surface area contributed by atoms with Gasteiger partial charge in [-0.25, -0.2) is 15.0 Å². The molecule has 262 valence electrons. The van der Waals surface area contributed by atoms with Crippen LogP contribution < -0.4 is 0 Å². The maximum atomic E-state index is 5.18. The van der Waals surface area contributed by atoms with Crippen molar-refractivity contribution in [1.82, 2.24) is 15.0 Å². The number of fused-ring (bicyclic) bond motifs is 2. The van der Waals surface area contributed by atoms with Crippen LogP contribution in [-0.4, -0.2) is 15.0 Å². The number of hydrogen-bond acceptors (Lipinski definition) is 3. The average molecular weight is 714 g/mol. The van der Waals surface area contributed by atoms with Gasteiger partial charge in [0.15, 0.2) is 17.5 Å². The lowest BCUT2D eigenvalue weighted by molar-refractivity contribution is 1.07. The fourth-order valence-corrected chi connectivity index (χ4v) is 7.48. The van der Waals surface area contributed by atoms with E-state index < -0.39 is 0 Å². The maximum Gasteiger partial charge on any atom is 0.164 e. The van der Waals surface area contributed by atoms with Crippen LogP contribution in [0.15, 0.2) is 212 Å². The molecule has 0 fully saturated rings. The van der Waals surface area contributed by atoms with Gasteiger partial charge in [0.2, 0.25) is 0 Å². The lowest BCUT2D eigenvalue weighted by Crippen LogP contribution is -2.00. The van der Waals surface area contributed by atoms with Crippen LogP contribution in [0.25, 0.3) is 100 Å². The Hall–Kier alpha value is -7.49. The Morgan fingerprint density at radius 2 is 0.482 bits per heavy atom. The smallest absolute Gasteiger partial charge is 0.164 e. The minimum absolute atomic E-state index is 0.623. The van der Waals surface area contributed by atoms with Gasteiger partial charge in [0.05, 0.1) is 0 Å². The molecule has 0 N–H and O–H groups in total. The second-order valence-corrected chi connectivity index (χ2v) is 14.1. The molecular weight excluding hydrogens is 679 g/mol. The van der Waals surface area contributed by atoms with Gasteiger partial charge in [-0.05, 0) is 96.4 Å². The van der Waals surface area contributed by atoms with Crippen molar-refractivity contribution in [3.05, 3.63) is 212 Å². The average Bonchev–Trinajstić information content (AvgIpc) is 3.29. The number of nitrogens with zero attached hydrogens (tertiary/aromatic N) is 3. The molecule has 0 aliphatic heterocycles. The van der Waals surface area contributed by atoms with E-state index in [1.807, 2.05) is 24.3 Å². The van der Waals surface area contributed by atoms with Gasteiger partial charge in [0, 0.05) is 16.7 Å². The zero-order valence-electron chi connectivity index (χ0n) is 30.5. The third-order valence-electron chi connectivity index (χ3n) is 10.5. The highest BCUT2D eigenvalue weighted by Gasteiger charge is 2.16. The predicted molar refractivity (Wildman–Crippen MR) is 233 cm³/mol. The fourth-order valence-electron chi connectivity index (χ4n) is 7.48. The van der Waals surface area contributed by atoms with Gasteiger partial charge in [-0.3, -0.25) is 0 Å². The van der Waals surface area contributed by atoms with Crippen molar-refractivity contribution in [2.75, 3.05) is 0 Å². The molecule has 0 bridgehead atoms. The highest BCUT2D eigenvalue weighted by molar-refractivity contribution is 5.90. The molecule has 0 unspecified atom stereocenters. The van der Waals surface area contributed by atoms with E-state index in [-0.39, 0.29) is 0 Å². The molecule has 1 heterocycles. The molecule has 10 aromatic rings. The van der Waals surface area contributed by atoms with Gasteiger partial charge in [0.25, 0.3) is 0 Å². The Morgan fingerprint density at radius 1 is 0.179 bits per heavy atom. The molecule has 0 spiro atoms. The van der Waals surface area contributed by atoms with Crippen LogP contribution in [0.3, 0.4) is 0 Å². The Labute approximate surface area is 326 Å². The van der Waals surface area contributed by atoms with Crippen LogP contribution >= 0.6 is 0 Å². The molecule has 1 aromatic heterocycles. The number of rotatable bonds is 7. The van der Waals surface area contributed by atoms with Gasteiger partial charge in [0.1, 0.15) is 0 Å². The number of aromatic nitrogens is 3. The van der Waals surface area contributed by atoms with Gasteiger partial charge in [-0.2, -0.15) is 0 Å². The monoisotopic (exact) mass is 713 g/mol. The van der Waals surface area contributed by atoms with Crippen molar-refractivity contribution in [2.24, 2.45) is 0 Å². The molecule has 10 rings (SSSR count). The Kier molecular flexibility index (Phi) is 8.51. The normalized spacial score (nSPS) is 11.2. The van der Waals surface area contributed by atoms with Crippen LogP contribution in [-0.2, 0) is 0 Å². The summed E-state index contributed by atoms with van der Waals surface area (Å²) >= 11 is 0. The number of benzene rings is 9. The summed E-state index contributed by atoms with van der Waals surface area (Å²) in [5, 5.41) is 4.89. The summed E-state index contributed by atoms with van der Waals surface area (Å²) in [6.07, 6.45) is 0. The number of hydrogen-bond donors (Lipinski definition) is 0. The van der Waals surface area contributed by atoms with Crippen LogP contribution in [0.1, 0.15) is 0 Å². The largest absolute Gasteiger partial charge is 0.208 e. The highest BCUT2D eigenvalue weighted by Crippen LogP contribution is 2.36. The summed E-state index contributed by atoms with van der Waals surface area (Å²) < 4.78 is 0. The standard InChI is InChI=1S/C53H35N3/c1-3-11-36(12-4-1)39-23-27-43(28-24-39)52-54-51(42-15-5-2-6-16-42)55-53(56-52)50-34-48(33-49(35-50)47-30-26-38-14-8-10-18-45(38)32-47)41-21-19-40(20-22-41)46-29-25-37-13-7-9-17-44(37)31-46/h1-35H. The fraction of sp³-hybridized carbons (Fsp3) is 0. The third kappa shape index (κ3) is 6.63. The third-order valence-corrected chi connectivity index (χ3v) is 10.5. The zero-order chi connectivity index (χ0) is 37.3. The first-order valence-electron chi connectivity index (χ1n) is 18.9. The topological polar surface area (TPSA) is 38.7 Å². The van der Waals surface area contributed by atoms with E-state index >= 15 is 0 Å². The first kappa shape index (κ1) is 33.1.